The maximum absolute atomic E-state index is 11.3. The van der Waals surface area contributed by atoms with Gasteiger partial charge in [0.05, 0.1) is 6.61 Å². The number of H-pyrrole nitrogens is 1. The molecule has 96 valence electrons. The zero-order valence-electron chi connectivity index (χ0n) is 9.11. The van der Waals surface area contributed by atoms with E-state index in [0.29, 0.717) is 0 Å². The summed E-state index contributed by atoms with van der Waals surface area (Å²) in [7, 11) is 1.24. The van der Waals surface area contributed by atoms with Gasteiger partial charge < -0.3 is 20.1 Å². The van der Waals surface area contributed by atoms with Crippen molar-refractivity contribution in [1.29, 1.82) is 0 Å². The number of methoxy groups -OCH3 is 1. The Labute approximate surface area is 95.7 Å². The van der Waals surface area contributed by atoms with E-state index in [9.17, 15) is 19.8 Å². The van der Waals surface area contributed by atoms with E-state index in [1.54, 1.807) is 0 Å². The molecule has 4 N–H and O–H groups in total. The van der Waals surface area contributed by atoms with Gasteiger partial charge in [0.2, 0.25) is 0 Å². The van der Waals surface area contributed by atoms with Crippen LogP contribution in [0, 0.1) is 0 Å². The molecule has 0 saturated heterocycles. The molecule has 0 unspecified atom stereocenters. The Bertz CT molecular complexity index is 463. The number of ether oxygens (including phenoxy) is 1. The quantitative estimate of drug-likeness (QED) is 0.451. The van der Waals surface area contributed by atoms with Gasteiger partial charge in [-0.05, 0) is 0 Å². The average Bonchev–Trinajstić information content (AvgIpc) is 2.29. The van der Waals surface area contributed by atoms with Crippen LogP contribution < -0.4 is 11.2 Å². The molecule has 1 heterocycles. The molecule has 0 amide bonds. The number of aliphatic hydroxyl groups excluding tert-OH is 3. The Morgan fingerprint density at radius 1 is 1.47 bits per heavy atom. The molecule has 0 aliphatic carbocycles. The van der Waals surface area contributed by atoms with Gasteiger partial charge in [0.1, 0.15) is 12.2 Å². The molecule has 0 aliphatic rings. The van der Waals surface area contributed by atoms with Crippen LogP contribution in [0.4, 0.5) is 0 Å². The fourth-order valence-electron chi connectivity index (χ4n) is 1.31. The van der Waals surface area contributed by atoms with Gasteiger partial charge in [-0.3, -0.25) is 14.3 Å². The minimum absolute atomic E-state index is 0.521. The van der Waals surface area contributed by atoms with E-state index in [2.05, 4.69) is 0 Å². The van der Waals surface area contributed by atoms with E-state index in [1.807, 2.05) is 4.98 Å². The summed E-state index contributed by atoms with van der Waals surface area (Å²) in [6, 6.07) is 1.03. The second kappa shape index (κ2) is 5.73. The normalized spacial score (nSPS) is 16.5. The van der Waals surface area contributed by atoms with Gasteiger partial charge in [0.25, 0.3) is 5.56 Å². The molecule has 0 radical (unpaired) electrons. The summed E-state index contributed by atoms with van der Waals surface area (Å²) >= 11 is 0. The number of hydrogen-bond acceptors (Lipinski definition) is 6. The topological polar surface area (TPSA) is 125 Å². The molecule has 0 spiro atoms. The van der Waals surface area contributed by atoms with Crippen LogP contribution in [0.2, 0.25) is 0 Å². The molecule has 8 heteroatoms. The lowest BCUT2D eigenvalue weighted by Crippen LogP contribution is -2.43. The Morgan fingerprint density at radius 2 is 2.12 bits per heavy atom. The van der Waals surface area contributed by atoms with Crippen molar-refractivity contribution < 1.29 is 20.1 Å². The molecule has 1 aromatic rings. The van der Waals surface area contributed by atoms with Gasteiger partial charge in [0, 0.05) is 19.4 Å². The monoisotopic (exact) mass is 246 g/mol. The molecular weight excluding hydrogens is 232 g/mol. The number of aliphatic hydroxyl groups is 3. The van der Waals surface area contributed by atoms with Gasteiger partial charge in [-0.25, -0.2) is 4.79 Å². The van der Waals surface area contributed by atoms with E-state index >= 15 is 0 Å². The SMILES string of the molecule is CO[C@H](CO)[C@@H](O)[C@@H](O)n1ccc(=O)[nH]c1=O. The van der Waals surface area contributed by atoms with Crippen molar-refractivity contribution in [3.63, 3.8) is 0 Å². The number of nitrogens with zero attached hydrogens (tertiary/aromatic N) is 1. The minimum Gasteiger partial charge on any atom is -0.394 e. The van der Waals surface area contributed by atoms with Crippen LogP contribution >= 0.6 is 0 Å². The summed E-state index contributed by atoms with van der Waals surface area (Å²) in [5, 5.41) is 28.2. The number of aromatic nitrogens is 2. The fourth-order valence-corrected chi connectivity index (χ4v) is 1.31. The van der Waals surface area contributed by atoms with Crippen molar-refractivity contribution >= 4 is 0 Å². The van der Waals surface area contributed by atoms with E-state index < -0.39 is 36.3 Å². The van der Waals surface area contributed by atoms with Crippen molar-refractivity contribution in [3.05, 3.63) is 33.1 Å². The van der Waals surface area contributed by atoms with E-state index in [-0.39, 0.29) is 0 Å². The van der Waals surface area contributed by atoms with Gasteiger partial charge >= 0.3 is 5.69 Å². The number of rotatable bonds is 5. The highest BCUT2D eigenvalue weighted by Crippen LogP contribution is 2.10. The van der Waals surface area contributed by atoms with Crippen molar-refractivity contribution in [3.8, 4) is 0 Å². The second-order valence-electron chi connectivity index (χ2n) is 3.38. The van der Waals surface area contributed by atoms with Gasteiger partial charge in [0.15, 0.2) is 6.23 Å². The largest absolute Gasteiger partial charge is 0.394 e. The zero-order valence-corrected chi connectivity index (χ0v) is 9.11. The molecule has 1 rings (SSSR count). The van der Waals surface area contributed by atoms with Crippen molar-refractivity contribution in [2.24, 2.45) is 0 Å². The number of hydrogen-bond donors (Lipinski definition) is 4. The summed E-state index contributed by atoms with van der Waals surface area (Å²) in [6.45, 7) is -0.521. The Morgan fingerprint density at radius 3 is 2.59 bits per heavy atom. The predicted octanol–water partition coefficient (Wildman–Crippen LogP) is -2.60. The highest BCUT2D eigenvalue weighted by atomic mass is 16.5. The maximum atomic E-state index is 11.3. The molecule has 0 aromatic carbocycles. The summed E-state index contributed by atoms with van der Waals surface area (Å²) in [5.41, 5.74) is -1.48. The van der Waals surface area contributed by atoms with E-state index in [1.165, 1.54) is 7.11 Å². The lowest BCUT2D eigenvalue weighted by molar-refractivity contribution is -0.118. The average molecular weight is 246 g/mol. The zero-order chi connectivity index (χ0) is 13.0. The smallest absolute Gasteiger partial charge is 0.330 e. The van der Waals surface area contributed by atoms with Crippen LogP contribution in [0.15, 0.2) is 21.9 Å². The maximum Gasteiger partial charge on any atom is 0.330 e. The highest BCUT2D eigenvalue weighted by Gasteiger charge is 2.27. The summed E-state index contributed by atoms with van der Waals surface area (Å²) in [4.78, 5) is 24.0. The van der Waals surface area contributed by atoms with Crippen LogP contribution in [0.25, 0.3) is 0 Å². The van der Waals surface area contributed by atoms with Crippen molar-refractivity contribution in [2.75, 3.05) is 13.7 Å². The first-order valence-corrected chi connectivity index (χ1v) is 4.82. The molecule has 0 saturated carbocycles. The third-order valence-electron chi connectivity index (χ3n) is 2.31. The molecule has 3 atom stereocenters. The first-order valence-electron chi connectivity index (χ1n) is 4.82. The van der Waals surface area contributed by atoms with Gasteiger partial charge in [-0.2, -0.15) is 0 Å². The first kappa shape index (κ1) is 13.6. The Hall–Kier alpha value is -1.48. The third-order valence-corrected chi connectivity index (χ3v) is 2.31. The number of aromatic amines is 1. The molecule has 0 aliphatic heterocycles. The van der Waals surface area contributed by atoms with E-state index in [0.717, 1.165) is 16.8 Å². The van der Waals surface area contributed by atoms with Crippen LogP contribution in [0.1, 0.15) is 6.23 Å². The number of nitrogens with one attached hydrogen (secondary N) is 1. The standard InChI is InChI=1S/C9H14N2O6/c1-17-5(4-12)7(14)8(15)11-3-2-6(13)10-9(11)16/h2-3,5,7-8,12,14-15H,4H2,1H3,(H,10,13,16)/t5-,7-,8-/m1/s1. The van der Waals surface area contributed by atoms with Crippen LogP contribution in [-0.4, -0.2) is 50.8 Å². The van der Waals surface area contributed by atoms with Crippen molar-refractivity contribution in [1.82, 2.24) is 9.55 Å². The molecule has 0 fully saturated rings. The molecule has 0 bridgehead atoms. The van der Waals surface area contributed by atoms with E-state index in [4.69, 9.17) is 9.84 Å². The second-order valence-corrected chi connectivity index (χ2v) is 3.38. The molecule has 1 aromatic heterocycles. The lowest BCUT2D eigenvalue weighted by atomic mass is 10.2. The molecule has 8 nitrogen and oxygen atoms in total. The molecular formula is C9H14N2O6. The van der Waals surface area contributed by atoms with Gasteiger partial charge in [-0.15, -0.1) is 0 Å². The van der Waals surface area contributed by atoms with Gasteiger partial charge in [-0.1, -0.05) is 0 Å². The summed E-state index contributed by atoms with van der Waals surface area (Å²) in [6.07, 6.45) is -3.13. The first-order chi connectivity index (χ1) is 8.01. The summed E-state index contributed by atoms with van der Waals surface area (Å²) < 4.78 is 5.45. The van der Waals surface area contributed by atoms with Crippen LogP contribution in [-0.2, 0) is 4.74 Å². The summed E-state index contributed by atoms with van der Waals surface area (Å²) in [5.74, 6) is 0. The molecule has 17 heavy (non-hydrogen) atoms. The fraction of sp³-hybridized carbons (Fsp3) is 0.556. The van der Waals surface area contributed by atoms with Crippen molar-refractivity contribution in [2.45, 2.75) is 18.4 Å². The third kappa shape index (κ3) is 3.01. The highest BCUT2D eigenvalue weighted by molar-refractivity contribution is 4.86. The predicted molar refractivity (Wildman–Crippen MR) is 56.5 cm³/mol. The van der Waals surface area contributed by atoms with Crippen LogP contribution in [0.3, 0.4) is 0 Å². The Balaban J connectivity index is 2.99. The lowest BCUT2D eigenvalue weighted by Gasteiger charge is -2.25. The van der Waals surface area contributed by atoms with Crippen LogP contribution in [0.5, 0.6) is 0 Å². The Kier molecular flexibility index (Phi) is 4.58. The minimum atomic E-state index is -1.63.